The van der Waals surface area contributed by atoms with Gasteiger partial charge in [-0.1, -0.05) is 0 Å². The molecule has 0 amide bonds. The van der Waals surface area contributed by atoms with Crippen molar-refractivity contribution in [3.63, 3.8) is 0 Å². The van der Waals surface area contributed by atoms with Crippen LogP contribution in [0.25, 0.3) is 0 Å². The second-order valence-electron chi connectivity index (χ2n) is 5.49. The number of aromatic nitrogens is 2. The highest BCUT2D eigenvalue weighted by Crippen LogP contribution is 2.22. The SMILES string of the molecule is Cc1nn(C(C)C)c(C)c1S(=O)(=O)N[C@@H]1CNC[C@H]1O. The van der Waals surface area contributed by atoms with Crippen LogP contribution in [0.5, 0.6) is 0 Å². The van der Waals surface area contributed by atoms with Gasteiger partial charge in [-0.05, 0) is 27.7 Å². The molecular formula is C12H22N4O3S. The van der Waals surface area contributed by atoms with Crippen LogP contribution in [-0.2, 0) is 10.0 Å². The van der Waals surface area contributed by atoms with Crippen molar-refractivity contribution in [2.24, 2.45) is 0 Å². The van der Waals surface area contributed by atoms with Crippen LogP contribution in [0.2, 0.25) is 0 Å². The van der Waals surface area contributed by atoms with E-state index in [1.807, 2.05) is 13.8 Å². The first-order valence-electron chi connectivity index (χ1n) is 6.71. The fraction of sp³-hybridized carbons (Fsp3) is 0.750. The zero-order chi connectivity index (χ0) is 15.1. The Balaban J connectivity index is 2.34. The average molecular weight is 302 g/mol. The van der Waals surface area contributed by atoms with Gasteiger partial charge in [-0.15, -0.1) is 0 Å². The summed E-state index contributed by atoms with van der Waals surface area (Å²) in [5.41, 5.74) is 1.09. The van der Waals surface area contributed by atoms with Crippen molar-refractivity contribution in [1.82, 2.24) is 19.8 Å². The van der Waals surface area contributed by atoms with Crippen molar-refractivity contribution in [2.45, 2.75) is 50.8 Å². The molecule has 8 heteroatoms. The van der Waals surface area contributed by atoms with Crippen molar-refractivity contribution in [3.05, 3.63) is 11.4 Å². The molecule has 1 aromatic rings. The van der Waals surface area contributed by atoms with E-state index in [9.17, 15) is 13.5 Å². The topological polar surface area (TPSA) is 96.2 Å². The predicted octanol–water partition coefficient (Wildman–Crippen LogP) is -0.308. The zero-order valence-corrected chi connectivity index (χ0v) is 13.0. The minimum atomic E-state index is -3.68. The number of hydrogen-bond acceptors (Lipinski definition) is 5. The van der Waals surface area contributed by atoms with Crippen molar-refractivity contribution < 1.29 is 13.5 Å². The van der Waals surface area contributed by atoms with Crippen LogP contribution in [-0.4, -0.2) is 48.5 Å². The van der Waals surface area contributed by atoms with E-state index in [0.717, 1.165) is 0 Å². The van der Waals surface area contributed by atoms with E-state index in [1.54, 1.807) is 18.5 Å². The Hall–Kier alpha value is -0.960. The van der Waals surface area contributed by atoms with Crippen molar-refractivity contribution in [2.75, 3.05) is 13.1 Å². The summed E-state index contributed by atoms with van der Waals surface area (Å²) in [6.45, 7) is 8.16. The van der Waals surface area contributed by atoms with Gasteiger partial charge in [0.15, 0.2) is 0 Å². The van der Waals surface area contributed by atoms with Crippen LogP contribution in [0, 0.1) is 13.8 Å². The van der Waals surface area contributed by atoms with Gasteiger partial charge in [-0.2, -0.15) is 5.10 Å². The molecule has 114 valence electrons. The van der Waals surface area contributed by atoms with Gasteiger partial charge in [0, 0.05) is 19.1 Å². The fourth-order valence-corrected chi connectivity index (χ4v) is 4.25. The summed E-state index contributed by atoms with van der Waals surface area (Å²) in [7, 11) is -3.68. The summed E-state index contributed by atoms with van der Waals surface area (Å²) in [6.07, 6.45) is -0.703. The smallest absolute Gasteiger partial charge is 0.244 e. The molecule has 1 aliphatic rings. The van der Waals surface area contributed by atoms with E-state index in [2.05, 4.69) is 15.1 Å². The third-order valence-electron chi connectivity index (χ3n) is 3.51. The zero-order valence-electron chi connectivity index (χ0n) is 12.2. The van der Waals surface area contributed by atoms with Crippen LogP contribution >= 0.6 is 0 Å². The lowest BCUT2D eigenvalue weighted by atomic mass is 10.2. The summed E-state index contributed by atoms with van der Waals surface area (Å²) in [4.78, 5) is 0.213. The summed E-state index contributed by atoms with van der Waals surface area (Å²) in [6, 6.07) is -0.405. The highest BCUT2D eigenvalue weighted by molar-refractivity contribution is 7.89. The maximum Gasteiger partial charge on any atom is 0.244 e. The molecule has 1 aliphatic heterocycles. The third kappa shape index (κ3) is 2.73. The number of aliphatic hydroxyl groups excluding tert-OH is 1. The molecule has 1 aromatic heterocycles. The first-order chi connectivity index (χ1) is 9.24. The standard InChI is InChI=1S/C12H22N4O3S/c1-7(2)16-9(4)12(8(3)14-16)20(18,19)15-10-5-13-6-11(10)17/h7,10-11,13,15,17H,5-6H2,1-4H3/t10-,11-/m1/s1. The van der Waals surface area contributed by atoms with Gasteiger partial charge >= 0.3 is 0 Å². The van der Waals surface area contributed by atoms with E-state index < -0.39 is 22.2 Å². The Morgan fingerprint density at radius 2 is 2.05 bits per heavy atom. The van der Waals surface area contributed by atoms with Gasteiger partial charge in [0.2, 0.25) is 10.0 Å². The molecule has 2 atom stereocenters. The number of nitrogens with one attached hydrogen (secondary N) is 2. The lowest BCUT2D eigenvalue weighted by molar-refractivity contribution is 0.172. The average Bonchev–Trinajstić information content (AvgIpc) is 2.83. The molecule has 7 nitrogen and oxygen atoms in total. The molecule has 1 fully saturated rings. The minimum absolute atomic E-state index is 0.0939. The number of rotatable bonds is 4. The first-order valence-corrected chi connectivity index (χ1v) is 8.19. The second-order valence-corrected chi connectivity index (χ2v) is 7.14. The predicted molar refractivity (Wildman–Crippen MR) is 75.1 cm³/mol. The largest absolute Gasteiger partial charge is 0.390 e. The van der Waals surface area contributed by atoms with Gasteiger partial charge in [-0.3, -0.25) is 4.68 Å². The number of nitrogens with zero attached hydrogens (tertiary/aromatic N) is 2. The molecule has 0 aromatic carbocycles. The van der Waals surface area contributed by atoms with E-state index in [0.29, 0.717) is 24.5 Å². The second kappa shape index (κ2) is 5.44. The third-order valence-corrected chi connectivity index (χ3v) is 5.25. The highest BCUT2D eigenvalue weighted by atomic mass is 32.2. The molecule has 0 aliphatic carbocycles. The highest BCUT2D eigenvalue weighted by Gasteiger charge is 2.32. The van der Waals surface area contributed by atoms with Gasteiger partial charge in [0.05, 0.1) is 23.5 Å². The van der Waals surface area contributed by atoms with E-state index in [-0.39, 0.29) is 10.9 Å². The number of β-amino-alcohol motifs (C(OH)–C–C–N with tert-alkyl or cyclic N) is 1. The molecule has 0 unspecified atom stereocenters. The molecule has 0 spiro atoms. The van der Waals surface area contributed by atoms with Crippen LogP contribution < -0.4 is 10.0 Å². The van der Waals surface area contributed by atoms with E-state index in [1.165, 1.54) is 0 Å². The number of aryl methyl sites for hydroxylation is 1. The molecule has 3 N–H and O–H groups in total. The molecule has 0 bridgehead atoms. The van der Waals surface area contributed by atoms with E-state index in [4.69, 9.17) is 0 Å². The lowest BCUT2D eigenvalue weighted by Gasteiger charge is -2.16. The molecule has 20 heavy (non-hydrogen) atoms. The molecule has 1 saturated heterocycles. The maximum absolute atomic E-state index is 12.5. The van der Waals surface area contributed by atoms with Gasteiger partial charge in [0.25, 0.3) is 0 Å². The Morgan fingerprint density at radius 1 is 1.40 bits per heavy atom. The first kappa shape index (κ1) is 15.4. The van der Waals surface area contributed by atoms with Crippen LogP contribution in [0.3, 0.4) is 0 Å². The van der Waals surface area contributed by atoms with Crippen molar-refractivity contribution in [1.29, 1.82) is 0 Å². The molecule has 0 radical (unpaired) electrons. The van der Waals surface area contributed by atoms with Gasteiger partial charge in [0.1, 0.15) is 4.90 Å². The quantitative estimate of drug-likeness (QED) is 0.709. The summed E-state index contributed by atoms with van der Waals surface area (Å²) in [5.74, 6) is 0. The van der Waals surface area contributed by atoms with Crippen molar-refractivity contribution >= 4 is 10.0 Å². The number of hydrogen-bond donors (Lipinski definition) is 3. The molecular weight excluding hydrogens is 280 g/mol. The number of sulfonamides is 1. The van der Waals surface area contributed by atoms with Gasteiger partial charge in [-0.25, -0.2) is 13.1 Å². The normalized spacial score (nSPS) is 23.7. The molecule has 2 rings (SSSR count). The minimum Gasteiger partial charge on any atom is -0.390 e. The number of aliphatic hydroxyl groups is 1. The monoisotopic (exact) mass is 302 g/mol. The van der Waals surface area contributed by atoms with Crippen LogP contribution in [0.1, 0.15) is 31.3 Å². The summed E-state index contributed by atoms with van der Waals surface area (Å²) >= 11 is 0. The van der Waals surface area contributed by atoms with Crippen LogP contribution in [0.15, 0.2) is 4.90 Å². The fourth-order valence-electron chi connectivity index (χ4n) is 2.58. The summed E-state index contributed by atoms with van der Waals surface area (Å²) in [5, 5.41) is 17.0. The Morgan fingerprint density at radius 3 is 2.50 bits per heavy atom. The van der Waals surface area contributed by atoms with E-state index >= 15 is 0 Å². The Labute approximate surface area is 119 Å². The van der Waals surface area contributed by atoms with Crippen molar-refractivity contribution in [3.8, 4) is 0 Å². The van der Waals surface area contributed by atoms with Crippen LogP contribution in [0.4, 0.5) is 0 Å². The molecule has 2 heterocycles. The Bertz CT molecular complexity index is 594. The maximum atomic E-state index is 12.5. The molecule has 0 saturated carbocycles. The Kier molecular flexibility index (Phi) is 4.19. The summed E-state index contributed by atoms with van der Waals surface area (Å²) < 4.78 is 29.3. The van der Waals surface area contributed by atoms with Gasteiger partial charge < -0.3 is 10.4 Å². The lowest BCUT2D eigenvalue weighted by Crippen LogP contribution is -2.42.